The van der Waals surface area contributed by atoms with Gasteiger partial charge in [0.25, 0.3) is 5.91 Å². The number of carbonyl (C=O) groups is 5. The Morgan fingerprint density at radius 2 is 1.80 bits per heavy atom. The van der Waals surface area contributed by atoms with E-state index >= 15 is 0 Å². The summed E-state index contributed by atoms with van der Waals surface area (Å²) in [6, 6.07) is 6.53. The Bertz CT molecular complexity index is 1830. The molecule has 0 unspecified atom stereocenters. The molecule has 6 rings (SSSR count). The maximum Gasteiger partial charge on any atom is 0.410 e. The van der Waals surface area contributed by atoms with Crippen LogP contribution in [0.1, 0.15) is 103 Å². The Morgan fingerprint density at radius 1 is 1.09 bits per heavy atom. The quantitative estimate of drug-likeness (QED) is 0.219. The average Bonchev–Trinajstić information content (AvgIpc) is 3.92. The molecule has 4 amide bonds. The lowest BCUT2D eigenvalue weighted by molar-refractivity contribution is -0.159. The molecule has 14 heteroatoms. The highest BCUT2D eigenvalue weighted by atomic mass is 32.2. The molecule has 292 valence electrons. The number of allylic oxidation sites excluding steroid dienone is 1. The molecule has 0 bridgehead atoms. The maximum absolute atomic E-state index is 14.5. The molecule has 0 spiro atoms. The first-order valence-corrected chi connectivity index (χ1v) is 20.5. The summed E-state index contributed by atoms with van der Waals surface area (Å²) in [5.41, 5.74) is 2.77. The summed E-state index contributed by atoms with van der Waals surface area (Å²) in [4.78, 5) is 72.2. The number of esters is 1. The number of amides is 4. The Hall–Kier alpha value is -4.42. The molecule has 13 nitrogen and oxygen atoms in total. The summed E-state index contributed by atoms with van der Waals surface area (Å²) >= 11 is 0. The zero-order chi connectivity index (χ0) is 38.9. The molecular formula is C40H52N4O9S. The fourth-order valence-corrected chi connectivity index (χ4v) is 9.45. The highest BCUT2D eigenvalue weighted by Crippen LogP contribution is 2.49. The van der Waals surface area contributed by atoms with E-state index in [-0.39, 0.29) is 32.2 Å². The van der Waals surface area contributed by atoms with Gasteiger partial charge in [-0.05, 0) is 89.0 Å². The first-order chi connectivity index (χ1) is 25.6. The predicted molar refractivity (Wildman–Crippen MR) is 199 cm³/mol. The molecule has 5 atom stereocenters. The summed E-state index contributed by atoms with van der Waals surface area (Å²) in [5.74, 6) is -3.89. The Balaban J connectivity index is 1.27. The summed E-state index contributed by atoms with van der Waals surface area (Å²) < 4.78 is 39.5. The molecular weight excluding hydrogens is 713 g/mol. The van der Waals surface area contributed by atoms with Gasteiger partial charge in [0, 0.05) is 31.3 Å². The SMILES string of the molecule is C=CCC1(S(=O)(=O)NC(=O)[C@@]23C[C@H]2C=C=CCCCCC[C@H](CC(=O)OC(C)(C)C)C(=O)N2C[C@H](OC(=O)N4Cc5ccccc5C4)C[C@H]2C(=O)N3)CC1. The highest BCUT2D eigenvalue weighted by molar-refractivity contribution is 7.91. The largest absolute Gasteiger partial charge is 0.460 e. The van der Waals surface area contributed by atoms with Crippen LogP contribution in [-0.2, 0) is 51.8 Å². The van der Waals surface area contributed by atoms with E-state index in [9.17, 15) is 32.4 Å². The zero-order valence-electron chi connectivity index (χ0n) is 31.4. The Kier molecular flexibility index (Phi) is 11.2. The molecule has 2 saturated carbocycles. The van der Waals surface area contributed by atoms with Crippen molar-refractivity contribution in [2.24, 2.45) is 11.8 Å². The minimum atomic E-state index is -4.10. The van der Waals surface area contributed by atoms with Crippen molar-refractivity contribution in [2.45, 2.75) is 133 Å². The van der Waals surface area contributed by atoms with Crippen LogP contribution >= 0.6 is 0 Å². The van der Waals surface area contributed by atoms with E-state index < -0.39 is 79.7 Å². The Morgan fingerprint density at radius 3 is 2.44 bits per heavy atom. The molecule has 1 aromatic rings. The summed E-state index contributed by atoms with van der Waals surface area (Å²) in [6.45, 7) is 9.55. The third kappa shape index (κ3) is 8.60. The summed E-state index contributed by atoms with van der Waals surface area (Å²) in [7, 11) is -4.10. The van der Waals surface area contributed by atoms with Crippen LogP contribution in [0.3, 0.4) is 0 Å². The molecule has 1 aromatic carbocycles. The highest BCUT2D eigenvalue weighted by Gasteiger charge is 2.64. The van der Waals surface area contributed by atoms with E-state index in [1.807, 2.05) is 30.3 Å². The molecule has 0 radical (unpaired) electrons. The smallest absolute Gasteiger partial charge is 0.410 e. The molecule has 1 saturated heterocycles. The van der Waals surface area contributed by atoms with Crippen molar-refractivity contribution < 1.29 is 41.9 Å². The van der Waals surface area contributed by atoms with Gasteiger partial charge in [-0.1, -0.05) is 43.2 Å². The fraction of sp³-hybridized carbons (Fsp3) is 0.600. The number of benzene rings is 1. The van der Waals surface area contributed by atoms with Crippen molar-refractivity contribution in [3.05, 3.63) is 65.9 Å². The summed E-state index contributed by atoms with van der Waals surface area (Å²) in [6.07, 6.45) is 7.74. The van der Waals surface area contributed by atoms with Gasteiger partial charge in [-0.15, -0.1) is 12.3 Å². The van der Waals surface area contributed by atoms with Crippen LogP contribution in [0.4, 0.5) is 4.79 Å². The van der Waals surface area contributed by atoms with Gasteiger partial charge in [0.2, 0.25) is 21.8 Å². The van der Waals surface area contributed by atoms with E-state index in [0.29, 0.717) is 45.2 Å². The fourth-order valence-electron chi connectivity index (χ4n) is 7.83. The molecule has 3 fully saturated rings. The van der Waals surface area contributed by atoms with E-state index in [0.717, 1.165) is 24.0 Å². The van der Waals surface area contributed by atoms with Crippen molar-refractivity contribution in [3.8, 4) is 0 Å². The molecule has 54 heavy (non-hydrogen) atoms. The summed E-state index contributed by atoms with van der Waals surface area (Å²) in [5, 5.41) is 2.84. The van der Waals surface area contributed by atoms with E-state index in [2.05, 4.69) is 22.3 Å². The van der Waals surface area contributed by atoms with Crippen LogP contribution in [0.15, 0.2) is 54.8 Å². The molecule has 0 aromatic heterocycles. The number of nitrogens with zero attached hydrogens (tertiary/aromatic N) is 2. The van der Waals surface area contributed by atoms with Crippen LogP contribution in [0.2, 0.25) is 0 Å². The number of hydrogen-bond acceptors (Lipinski definition) is 9. The number of hydrogen-bond donors (Lipinski definition) is 2. The van der Waals surface area contributed by atoms with E-state index in [1.165, 1.54) is 11.0 Å². The predicted octanol–water partition coefficient (Wildman–Crippen LogP) is 4.56. The van der Waals surface area contributed by atoms with Gasteiger partial charge in [-0.3, -0.25) is 28.8 Å². The number of carbonyl (C=O) groups excluding carboxylic acids is 5. The van der Waals surface area contributed by atoms with Gasteiger partial charge >= 0.3 is 12.1 Å². The maximum atomic E-state index is 14.5. The third-order valence-corrected chi connectivity index (χ3v) is 13.3. The van der Waals surface area contributed by atoms with Crippen molar-refractivity contribution in [1.29, 1.82) is 0 Å². The van der Waals surface area contributed by atoms with Gasteiger partial charge in [0.15, 0.2) is 0 Å². The van der Waals surface area contributed by atoms with Gasteiger partial charge in [-0.2, -0.15) is 0 Å². The molecule has 2 aliphatic carbocycles. The minimum Gasteiger partial charge on any atom is -0.460 e. The molecule has 5 aliphatic rings. The number of nitrogens with one attached hydrogen (secondary N) is 2. The van der Waals surface area contributed by atoms with E-state index in [4.69, 9.17) is 9.47 Å². The van der Waals surface area contributed by atoms with Crippen molar-refractivity contribution in [3.63, 3.8) is 0 Å². The van der Waals surface area contributed by atoms with Crippen molar-refractivity contribution >= 4 is 39.8 Å². The number of rotatable bonds is 8. The van der Waals surface area contributed by atoms with E-state index in [1.54, 1.807) is 31.7 Å². The lowest BCUT2D eigenvalue weighted by Gasteiger charge is -2.30. The van der Waals surface area contributed by atoms with Crippen LogP contribution in [0.25, 0.3) is 0 Å². The molecule has 2 N–H and O–H groups in total. The van der Waals surface area contributed by atoms with Gasteiger partial charge in [-0.25, -0.2) is 13.2 Å². The Labute approximate surface area is 317 Å². The zero-order valence-corrected chi connectivity index (χ0v) is 32.3. The average molecular weight is 765 g/mol. The number of ether oxygens (including phenoxy) is 2. The first-order valence-electron chi connectivity index (χ1n) is 19.0. The number of fused-ring (bicyclic) bond motifs is 3. The van der Waals surface area contributed by atoms with Crippen molar-refractivity contribution in [1.82, 2.24) is 19.8 Å². The van der Waals surface area contributed by atoms with Gasteiger partial charge in [0.1, 0.15) is 23.3 Å². The second-order valence-electron chi connectivity index (χ2n) is 16.4. The topological polar surface area (TPSA) is 168 Å². The first kappa shape index (κ1) is 39.3. The monoisotopic (exact) mass is 764 g/mol. The lowest BCUT2D eigenvalue weighted by Crippen LogP contribution is -2.57. The van der Waals surface area contributed by atoms with Crippen LogP contribution < -0.4 is 10.0 Å². The standard InChI is InChI=1S/C40H52N4O9S/c1-5-18-39(19-20-39)54(50,51)42-36(48)40-23-30(40)17-11-9-7-6-8-10-14-27(21-33(45)53-38(2,3)4)35(47)44-26-31(22-32(44)34(46)41-40)52-37(49)43-24-28-15-12-13-16-29(28)25-43/h5,9,12-13,15-17,27,30-32H,1,6-8,10,14,18-26H2,2-4H3,(H,41,46)(H,42,48)/t11?,27-,30-,31-,32+,40-/m1/s1. The normalized spacial score (nSPS) is 27.9. The minimum absolute atomic E-state index is 0.0535. The van der Waals surface area contributed by atoms with Crippen LogP contribution in [0, 0.1) is 11.8 Å². The van der Waals surface area contributed by atoms with Crippen LogP contribution in [-0.4, -0.2) is 82.6 Å². The molecule has 3 heterocycles. The van der Waals surface area contributed by atoms with Crippen LogP contribution in [0.5, 0.6) is 0 Å². The number of sulfonamides is 1. The lowest BCUT2D eigenvalue weighted by atomic mass is 9.95. The van der Waals surface area contributed by atoms with Crippen molar-refractivity contribution in [2.75, 3.05) is 6.54 Å². The van der Waals surface area contributed by atoms with Gasteiger partial charge in [0.05, 0.1) is 17.7 Å². The third-order valence-electron chi connectivity index (χ3n) is 11.1. The second kappa shape index (κ2) is 15.4. The second-order valence-corrected chi connectivity index (χ2v) is 18.5. The van der Waals surface area contributed by atoms with Gasteiger partial charge < -0.3 is 19.7 Å². The molecule has 3 aliphatic heterocycles.